The van der Waals surface area contributed by atoms with Gasteiger partial charge in [-0.1, -0.05) is 12.1 Å². The number of nitrogens with zero attached hydrogens (tertiary/aromatic N) is 3. The van der Waals surface area contributed by atoms with Gasteiger partial charge in [-0.05, 0) is 18.6 Å². The van der Waals surface area contributed by atoms with Gasteiger partial charge in [0.05, 0.1) is 11.9 Å². The number of nitrogens with one attached hydrogen (secondary N) is 1. The summed E-state index contributed by atoms with van der Waals surface area (Å²) in [6.07, 6.45) is 4.95. The van der Waals surface area contributed by atoms with E-state index in [0.29, 0.717) is 19.6 Å². The Morgan fingerprint density at radius 1 is 1.23 bits per heavy atom. The van der Waals surface area contributed by atoms with Gasteiger partial charge in [0.25, 0.3) is 5.91 Å². The summed E-state index contributed by atoms with van der Waals surface area (Å²) in [5, 5.41) is 2.51. The summed E-state index contributed by atoms with van der Waals surface area (Å²) >= 11 is 0. The van der Waals surface area contributed by atoms with Gasteiger partial charge < -0.3 is 15.0 Å². The van der Waals surface area contributed by atoms with Crippen molar-refractivity contribution < 1.29 is 18.7 Å². The Balaban J connectivity index is 1.96. The number of methoxy groups -OCH3 is 1. The number of anilines is 1. The number of hydrogen-bond donors (Lipinski definition) is 1. The molecule has 2 rings (SSSR count). The largest absolute Gasteiger partial charge is 0.385 e. The minimum absolute atomic E-state index is 0.0350. The van der Waals surface area contributed by atoms with Gasteiger partial charge in [0.15, 0.2) is 0 Å². The molecule has 0 atom stereocenters. The lowest BCUT2D eigenvalue weighted by molar-refractivity contribution is -0.116. The van der Waals surface area contributed by atoms with E-state index >= 15 is 0 Å². The Labute approximate surface area is 151 Å². The Morgan fingerprint density at radius 3 is 2.73 bits per heavy atom. The number of carbonyl (C=O) groups excluding carboxylic acids is 2. The van der Waals surface area contributed by atoms with Crippen LogP contribution in [0.25, 0.3) is 0 Å². The maximum atomic E-state index is 13.6. The van der Waals surface area contributed by atoms with Gasteiger partial charge in [-0.3, -0.25) is 14.6 Å². The van der Waals surface area contributed by atoms with Crippen LogP contribution in [0, 0.1) is 5.82 Å². The van der Waals surface area contributed by atoms with Gasteiger partial charge in [0, 0.05) is 45.6 Å². The molecular weight excluding hydrogens is 339 g/mol. The van der Waals surface area contributed by atoms with E-state index in [2.05, 4.69) is 15.3 Å². The summed E-state index contributed by atoms with van der Waals surface area (Å²) in [6.45, 7) is 1.08. The van der Waals surface area contributed by atoms with E-state index in [1.54, 1.807) is 19.2 Å². The van der Waals surface area contributed by atoms with Crippen molar-refractivity contribution in [2.75, 3.05) is 32.1 Å². The van der Waals surface area contributed by atoms with Crippen LogP contribution in [0.3, 0.4) is 0 Å². The fraction of sp³-hybridized carbons (Fsp3) is 0.333. The van der Waals surface area contributed by atoms with Crippen molar-refractivity contribution in [2.45, 2.75) is 12.8 Å². The van der Waals surface area contributed by atoms with E-state index in [4.69, 9.17) is 4.74 Å². The quantitative estimate of drug-likeness (QED) is 0.693. The first-order chi connectivity index (χ1) is 12.6. The van der Waals surface area contributed by atoms with E-state index in [-0.39, 0.29) is 36.2 Å². The van der Waals surface area contributed by atoms with Gasteiger partial charge in [-0.15, -0.1) is 0 Å². The number of benzene rings is 1. The van der Waals surface area contributed by atoms with Crippen molar-refractivity contribution in [3.8, 4) is 0 Å². The minimum Gasteiger partial charge on any atom is -0.385 e. The Morgan fingerprint density at radius 2 is 2.04 bits per heavy atom. The second-order valence-electron chi connectivity index (χ2n) is 5.51. The SMILES string of the molecule is COCCCN(CCC(=O)Nc1ccccc1F)C(=O)c1cnccn1. The van der Waals surface area contributed by atoms with Crippen LogP contribution in [0.5, 0.6) is 0 Å². The Hall–Kier alpha value is -2.87. The molecule has 0 aliphatic heterocycles. The van der Waals surface area contributed by atoms with Crippen LogP contribution in [0.15, 0.2) is 42.9 Å². The van der Waals surface area contributed by atoms with Gasteiger partial charge in [0.2, 0.25) is 5.91 Å². The molecule has 1 heterocycles. The molecule has 26 heavy (non-hydrogen) atoms. The third-order valence-corrected chi connectivity index (χ3v) is 3.60. The Bertz CT molecular complexity index is 727. The molecule has 2 amide bonds. The average Bonchev–Trinajstić information content (AvgIpc) is 2.66. The molecule has 0 spiro atoms. The predicted molar refractivity (Wildman–Crippen MR) is 94.1 cm³/mol. The number of para-hydroxylation sites is 1. The van der Waals surface area contributed by atoms with Crippen LogP contribution >= 0.6 is 0 Å². The first kappa shape index (κ1) is 19.5. The molecule has 7 nitrogen and oxygen atoms in total. The van der Waals surface area contributed by atoms with Crippen LogP contribution in [-0.4, -0.2) is 53.5 Å². The van der Waals surface area contributed by atoms with Crippen molar-refractivity contribution in [2.24, 2.45) is 0 Å². The number of amides is 2. The normalized spacial score (nSPS) is 10.4. The van der Waals surface area contributed by atoms with Crippen LogP contribution in [-0.2, 0) is 9.53 Å². The molecule has 0 aliphatic carbocycles. The zero-order valence-electron chi connectivity index (χ0n) is 14.5. The molecule has 0 aliphatic rings. The van der Waals surface area contributed by atoms with Gasteiger partial charge in [0.1, 0.15) is 11.5 Å². The maximum Gasteiger partial charge on any atom is 0.274 e. The number of ether oxygens (including phenoxy) is 1. The van der Waals surface area contributed by atoms with Crippen LogP contribution in [0.4, 0.5) is 10.1 Å². The van der Waals surface area contributed by atoms with Crippen molar-refractivity contribution in [3.63, 3.8) is 0 Å². The van der Waals surface area contributed by atoms with Crippen molar-refractivity contribution >= 4 is 17.5 Å². The average molecular weight is 360 g/mol. The van der Waals surface area contributed by atoms with Crippen LogP contribution in [0.2, 0.25) is 0 Å². The second-order valence-corrected chi connectivity index (χ2v) is 5.51. The first-order valence-corrected chi connectivity index (χ1v) is 8.20. The number of halogens is 1. The third kappa shape index (κ3) is 5.89. The predicted octanol–water partition coefficient (Wildman–Crippen LogP) is 2.12. The summed E-state index contributed by atoms with van der Waals surface area (Å²) in [7, 11) is 1.58. The number of hydrogen-bond acceptors (Lipinski definition) is 5. The molecule has 1 aromatic heterocycles. The topological polar surface area (TPSA) is 84.4 Å². The highest BCUT2D eigenvalue weighted by Gasteiger charge is 2.18. The lowest BCUT2D eigenvalue weighted by Crippen LogP contribution is -2.35. The highest BCUT2D eigenvalue weighted by Crippen LogP contribution is 2.13. The monoisotopic (exact) mass is 360 g/mol. The molecule has 0 fully saturated rings. The highest BCUT2D eigenvalue weighted by atomic mass is 19.1. The number of rotatable bonds is 9. The molecule has 0 saturated heterocycles. The lowest BCUT2D eigenvalue weighted by Gasteiger charge is -2.22. The fourth-order valence-corrected chi connectivity index (χ4v) is 2.30. The zero-order valence-corrected chi connectivity index (χ0v) is 14.5. The van der Waals surface area contributed by atoms with Crippen molar-refractivity contribution in [1.29, 1.82) is 0 Å². The van der Waals surface area contributed by atoms with Gasteiger partial charge >= 0.3 is 0 Å². The summed E-state index contributed by atoms with van der Waals surface area (Å²) in [5.74, 6) is -1.19. The molecule has 8 heteroatoms. The van der Waals surface area contributed by atoms with Gasteiger partial charge in [-0.2, -0.15) is 0 Å². The summed E-state index contributed by atoms with van der Waals surface area (Å²) in [6, 6.07) is 5.92. The van der Waals surface area contributed by atoms with Crippen LogP contribution in [0.1, 0.15) is 23.3 Å². The molecule has 1 N–H and O–H groups in total. The number of carbonyl (C=O) groups is 2. The van der Waals surface area contributed by atoms with Crippen LogP contribution < -0.4 is 5.32 Å². The first-order valence-electron chi connectivity index (χ1n) is 8.20. The van der Waals surface area contributed by atoms with E-state index in [1.807, 2.05) is 0 Å². The third-order valence-electron chi connectivity index (χ3n) is 3.60. The van der Waals surface area contributed by atoms with Crippen molar-refractivity contribution in [3.05, 3.63) is 54.4 Å². The molecule has 0 saturated carbocycles. The minimum atomic E-state index is -0.506. The standard InChI is InChI=1S/C18H21FN4O3/c1-26-12-4-10-23(18(25)16-13-20-8-9-21-16)11-7-17(24)22-15-6-3-2-5-14(15)19/h2-3,5-6,8-9,13H,4,7,10-12H2,1H3,(H,22,24). The second kappa shape index (κ2) is 10.2. The highest BCUT2D eigenvalue weighted by molar-refractivity contribution is 5.93. The Kier molecular flexibility index (Phi) is 7.63. The molecular formula is C18H21FN4O3. The lowest BCUT2D eigenvalue weighted by atomic mass is 10.2. The molecule has 138 valence electrons. The molecule has 1 aromatic carbocycles. The fourth-order valence-electron chi connectivity index (χ4n) is 2.30. The molecule has 0 radical (unpaired) electrons. The molecule has 0 bridgehead atoms. The van der Waals surface area contributed by atoms with Gasteiger partial charge in [-0.25, -0.2) is 9.37 Å². The summed E-state index contributed by atoms with van der Waals surface area (Å²) in [4.78, 5) is 34.1. The number of aromatic nitrogens is 2. The van der Waals surface area contributed by atoms with E-state index < -0.39 is 5.82 Å². The van der Waals surface area contributed by atoms with E-state index in [0.717, 1.165) is 0 Å². The maximum absolute atomic E-state index is 13.6. The zero-order chi connectivity index (χ0) is 18.8. The summed E-state index contributed by atoms with van der Waals surface area (Å²) < 4.78 is 18.6. The smallest absolute Gasteiger partial charge is 0.274 e. The van der Waals surface area contributed by atoms with Crippen molar-refractivity contribution in [1.82, 2.24) is 14.9 Å². The van der Waals surface area contributed by atoms with E-state index in [1.165, 1.54) is 35.6 Å². The molecule has 2 aromatic rings. The summed E-state index contributed by atoms with van der Waals surface area (Å²) in [5.41, 5.74) is 0.322. The molecule has 0 unspecified atom stereocenters. The van der Waals surface area contributed by atoms with E-state index in [9.17, 15) is 14.0 Å².